The quantitative estimate of drug-likeness (QED) is 0.495. The molecule has 2 N–H and O–H groups in total. The van der Waals surface area contributed by atoms with Crippen LogP contribution in [0.4, 0.5) is 10.1 Å². The fourth-order valence-electron chi connectivity index (χ4n) is 3.12. The number of thioether (sulfide) groups is 1. The lowest BCUT2D eigenvalue weighted by Gasteiger charge is -2.15. The van der Waals surface area contributed by atoms with Crippen molar-refractivity contribution in [1.82, 2.24) is 20.1 Å². The van der Waals surface area contributed by atoms with Gasteiger partial charge >= 0.3 is 0 Å². The lowest BCUT2D eigenvalue weighted by molar-refractivity contribution is -0.113. The topological polar surface area (TPSA) is 88.9 Å². The summed E-state index contributed by atoms with van der Waals surface area (Å²) in [6, 6.07) is 11.2. The lowest BCUT2D eigenvalue weighted by atomic mass is 10.1. The number of benzene rings is 2. The van der Waals surface area contributed by atoms with Gasteiger partial charge < -0.3 is 15.2 Å². The summed E-state index contributed by atoms with van der Waals surface area (Å²) < 4.78 is 15.3. The molecule has 0 saturated heterocycles. The van der Waals surface area contributed by atoms with E-state index in [1.807, 2.05) is 37.5 Å². The number of hydrogen-bond donors (Lipinski definition) is 2. The molecule has 3 rings (SSSR count). The van der Waals surface area contributed by atoms with Crippen LogP contribution >= 0.6 is 11.8 Å². The summed E-state index contributed by atoms with van der Waals surface area (Å²) in [5.74, 6) is -0.163. The zero-order chi connectivity index (χ0) is 23.3. The van der Waals surface area contributed by atoms with Gasteiger partial charge in [-0.3, -0.25) is 9.59 Å². The minimum atomic E-state index is -0.407. The van der Waals surface area contributed by atoms with Crippen LogP contribution in [0.25, 0.3) is 0 Å². The largest absolute Gasteiger partial charge is 0.342 e. The molecule has 9 heteroatoms. The predicted molar refractivity (Wildman–Crippen MR) is 123 cm³/mol. The summed E-state index contributed by atoms with van der Waals surface area (Å²) in [5.41, 5.74) is 2.88. The Morgan fingerprint density at radius 1 is 1.12 bits per heavy atom. The molecule has 0 radical (unpaired) electrons. The van der Waals surface area contributed by atoms with E-state index in [-0.39, 0.29) is 23.6 Å². The molecule has 7 nitrogen and oxygen atoms in total. The number of rotatable bonds is 8. The molecule has 0 aliphatic rings. The predicted octanol–water partition coefficient (Wildman–Crippen LogP) is 4.28. The van der Waals surface area contributed by atoms with Gasteiger partial charge in [0.2, 0.25) is 5.91 Å². The molecule has 0 spiro atoms. The Hall–Kier alpha value is -3.20. The van der Waals surface area contributed by atoms with Crippen molar-refractivity contribution >= 4 is 29.3 Å². The number of aromatic nitrogens is 3. The summed E-state index contributed by atoms with van der Waals surface area (Å²) in [4.78, 5) is 24.9. The Kier molecular flexibility index (Phi) is 7.63. The van der Waals surface area contributed by atoms with Crippen LogP contribution in [0, 0.1) is 19.7 Å². The molecule has 1 atom stereocenters. The van der Waals surface area contributed by atoms with Crippen LogP contribution < -0.4 is 10.6 Å². The van der Waals surface area contributed by atoms with Crippen molar-refractivity contribution in [2.45, 2.75) is 45.4 Å². The van der Waals surface area contributed by atoms with Gasteiger partial charge in [0.1, 0.15) is 5.82 Å². The van der Waals surface area contributed by atoms with E-state index in [0.29, 0.717) is 28.8 Å². The van der Waals surface area contributed by atoms with E-state index in [1.54, 1.807) is 25.1 Å². The minimum Gasteiger partial charge on any atom is -0.342 e. The monoisotopic (exact) mass is 455 g/mol. The molecule has 168 valence electrons. The van der Waals surface area contributed by atoms with E-state index in [0.717, 1.165) is 11.1 Å². The molecule has 32 heavy (non-hydrogen) atoms. The van der Waals surface area contributed by atoms with Crippen molar-refractivity contribution in [3.8, 4) is 0 Å². The van der Waals surface area contributed by atoms with Crippen LogP contribution in [0.1, 0.15) is 47.2 Å². The first-order valence-electron chi connectivity index (χ1n) is 10.3. The fraction of sp³-hybridized carbons (Fsp3) is 0.304. The van der Waals surface area contributed by atoms with Crippen molar-refractivity contribution in [2.24, 2.45) is 0 Å². The molecular weight excluding hydrogens is 429 g/mol. The molecular formula is C23H26FN5O2S. The SMILES string of the molecule is CCn1c(SCC(=O)Nc2cc(F)ccc2C)nnc1[C@@H](C)NC(=O)c1ccc(C)cc1. The van der Waals surface area contributed by atoms with Gasteiger partial charge in [-0.2, -0.15) is 0 Å². The number of halogens is 1. The Labute approximate surface area is 190 Å². The Bertz CT molecular complexity index is 1110. The highest BCUT2D eigenvalue weighted by Gasteiger charge is 2.20. The Balaban J connectivity index is 1.63. The van der Waals surface area contributed by atoms with Crippen molar-refractivity contribution in [2.75, 3.05) is 11.1 Å². The summed E-state index contributed by atoms with van der Waals surface area (Å²) in [6.07, 6.45) is 0. The van der Waals surface area contributed by atoms with E-state index in [4.69, 9.17) is 0 Å². The van der Waals surface area contributed by atoms with Crippen LogP contribution in [-0.2, 0) is 11.3 Å². The van der Waals surface area contributed by atoms with Gasteiger partial charge in [0, 0.05) is 17.8 Å². The molecule has 3 aromatic rings. The van der Waals surface area contributed by atoms with Gasteiger partial charge in [0.05, 0.1) is 11.8 Å². The van der Waals surface area contributed by atoms with E-state index in [1.165, 1.54) is 23.9 Å². The summed E-state index contributed by atoms with van der Waals surface area (Å²) in [6.45, 7) is 8.14. The molecule has 1 heterocycles. The third-order valence-electron chi connectivity index (χ3n) is 4.92. The van der Waals surface area contributed by atoms with Gasteiger partial charge in [0.25, 0.3) is 5.91 Å². The second-order valence-electron chi connectivity index (χ2n) is 7.44. The highest BCUT2D eigenvalue weighted by Crippen LogP contribution is 2.22. The summed E-state index contributed by atoms with van der Waals surface area (Å²) in [5, 5.41) is 14.7. The molecule has 1 aromatic heterocycles. The number of nitrogens with one attached hydrogen (secondary N) is 2. The maximum atomic E-state index is 13.4. The highest BCUT2D eigenvalue weighted by molar-refractivity contribution is 7.99. The molecule has 0 aliphatic heterocycles. The zero-order valence-corrected chi connectivity index (χ0v) is 19.3. The van der Waals surface area contributed by atoms with Crippen LogP contribution in [0.15, 0.2) is 47.6 Å². The normalized spacial score (nSPS) is 11.8. The standard InChI is InChI=1S/C23H26FN5O2S/c1-5-29-21(16(4)25-22(31)17-9-6-14(2)7-10-17)27-28-23(29)32-13-20(30)26-19-12-18(24)11-8-15(19)3/h6-12,16H,5,13H2,1-4H3,(H,25,31)(H,26,30)/t16-/m1/s1. The van der Waals surface area contributed by atoms with E-state index < -0.39 is 5.82 Å². The number of anilines is 1. The molecule has 0 fully saturated rings. The van der Waals surface area contributed by atoms with E-state index in [9.17, 15) is 14.0 Å². The molecule has 2 amide bonds. The highest BCUT2D eigenvalue weighted by atomic mass is 32.2. The van der Waals surface area contributed by atoms with Crippen LogP contribution in [0.3, 0.4) is 0 Å². The number of nitrogens with zero attached hydrogens (tertiary/aromatic N) is 3. The smallest absolute Gasteiger partial charge is 0.251 e. The number of amides is 2. The zero-order valence-electron chi connectivity index (χ0n) is 18.5. The first-order valence-corrected chi connectivity index (χ1v) is 11.3. The van der Waals surface area contributed by atoms with Crippen molar-refractivity contribution in [3.63, 3.8) is 0 Å². The van der Waals surface area contributed by atoms with Crippen molar-refractivity contribution in [3.05, 3.63) is 70.8 Å². The van der Waals surface area contributed by atoms with Crippen LogP contribution in [0.2, 0.25) is 0 Å². The Morgan fingerprint density at radius 2 is 1.84 bits per heavy atom. The van der Waals surface area contributed by atoms with Gasteiger partial charge in [-0.15, -0.1) is 10.2 Å². The van der Waals surface area contributed by atoms with Crippen LogP contribution in [0.5, 0.6) is 0 Å². The Morgan fingerprint density at radius 3 is 2.53 bits per heavy atom. The second kappa shape index (κ2) is 10.4. The molecule has 0 aliphatic carbocycles. The van der Waals surface area contributed by atoms with E-state index in [2.05, 4.69) is 20.8 Å². The number of carbonyl (C=O) groups excluding carboxylic acids is 2. The third-order valence-corrected chi connectivity index (χ3v) is 5.88. The van der Waals surface area contributed by atoms with Gasteiger partial charge in [0.15, 0.2) is 11.0 Å². The number of carbonyl (C=O) groups is 2. The van der Waals surface area contributed by atoms with Gasteiger partial charge in [-0.25, -0.2) is 4.39 Å². The maximum Gasteiger partial charge on any atom is 0.251 e. The van der Waals surface area contributed by atoms with E-state index >= 15 is 0 Å². The first-order chi connectivity index (χ1) is 15.3. The average Bonchev–Trinajstić information content (AvgIpc) is 3.18. The fourth-order valence-corrected chi connectivity index (χ4v) is 3.93. The van der Waals surface area contributed by atoms with Crippen LogP contribution in [-0.4, -0.2) is 32.3 Å². The van der Waals surface area contributed by atoms with Crippen molar-refractivity contribution < 1.29 is 14.0 Å². The summed E-state index contributed by atoms with van der Waals surface area (Å²) in [7, 11) is 0. The maximum absolute atomic E-state index is 13.4. The summed E-state index contributed by atoms with van der Waals surface area (Å²) >= 11 is 1.23. The molecule has 0 bridgehead atoms. The number of aryl methyl sites for hydroxylation is 2. The first kappa shape index (κ1) is 23.5. The van der Waals surface area contributed by atoms with Crippen molar-refractivity contribution in [1.29, 1.82) is 0 Å². The molecule has 0 saturated carbocycles. The molecule has 0 unspecified atom stereocenters. The molecule has 2 aromatic carbocycles. The lowest BCUT2D eigenvalue weighted by Crippen LogP contribution is -2.28. The minimum absolute atomic E-state index is 0.0954. The third kappa shape index (κ3) is 5.73. The average molecular weight is 456 g/mol. The number of hydrogen-bond acceptors (Lipinski definition) is 5. The van der Waals surface area contributed by atoms with Gasteiger partial charge in [-0.05, 0) is 57.5 Å². The second-order valence-corrected chi connectivity index (χ2v) is 8.38. The van der Waals surface area contributed by atoms with Gasteiger partial charge in [-0.1, -0.05) is 35.5 Å².